The quantitative estimate of drug-likeness (QED) is 0.870. The van der Waals surface area contributed by atoms with Crippen LogP contribution >= 0.6 is 11.6 Å². The number of ether oxygens (including phenoxy) is 2. The minimum Gasteiger partial charge on any atom is -0.497 e. The van der Waals surface area contributed by atoms with Crippen LogP contribution in [0.1, 0.15) is 23.6 Å². The number of carbonyl (C=O) groups excluding carboxylic acids is 1. The number of carbonyl (C=O) groups is 1. The standard InChI is InChI=1S/C18H17ClN2O3/c1-23-12-7-8-14(16(11-12)24-2)18(21-17(22)9-10-20)13-5-3-4-6-15(13)19/h3-8,11,18H,9H2,1-2H3,(H,21,22). The fourth-order valence-electron chi connectivity index (χ4n) is 2.37. The van der Waals surface area contributed by atoms with E-state index in [4.69, 9.17) is 26.3 Å². The Hall–Kier alpha value is -2.71. The molecule has 0 spiro atoms. The average Bonchev–Trinajstić information content (AvgIpc) is 2.60. The molecule has 5 nitrogen and oxygen atoms in total. The molecule has 2 rings (SSSR count). The Bertz CT molecular complexity index is 771. The molecule has 0 radical (unpaired) electrons. The van der Waals surface area contributed by atoms with Crippen LogP contribution in [0.5, 0.6) is 11.5 Å². The predicted molar refractivity (Wildman–Crippen MR) is 91.2 cm³/mol. The first-order chi connectivity index (χ1) is 11.6. The van der Waals surface area contributed by atoms with E-state index in [-0.39, 0.29) is 12.3 Å². The Kier molecular flexibility index (Phi) is 6.05. The highest BCUT2D eigenvalue weighted by molar-refractivity contribution is 6.31. The Morgan fingerprint density at radius 3 is 2.58 bits per heavy atom. The first-order valence-electron chi connectivity index (χ1n) is 7.23. The number of halogens is 1. The highest BCUT2D eigenvalue weighted by Crippen LogP contribution is 2.35. The lowest BCUT2D eigenvalue weighted by Gasteiger charge is -2.23. The largest absolute Gasteiger partial charge is 0.497 e. The van der Waals surface area contributed by atoms with E-state index in [9.17, 15) is 4.79 Å². The Labute approximate surface area is 145 Å². The molecule has 0 aliphatic heterocycles. The van der Waals surface area contributed by atoms with Gasteiger partial charge in [-0.2, -0.15) is 5.26 Å². The molecule has 0 saturated carbocycles. The van der Waals surface area contributed by atoms with E-state index in [1.54, 1.807) is 38.5 Å². The van der Waals surface area contributed by atoms with E-state index in [0.717, 1.165) is 5.56 Å². The van der Waals surface area contributed by atoms with Gasteiger partial charge in [0.05, 0.1) is 26.3 Å². The van der Waals surface area contributed by atoms with E-state index in [0.29, 0.717) is 22.1 Å². The molecule has 1 amide bonds. The molecule has 0 heterocycles. The van der Waals surface area contributed by atoms with Gasteiger partial charge in [0.15, 0.2) is 0 Å². The van der Waals surface area contributed by atoms with E-state index in [1.807, 2.05) is 24.3 Å². The topological polar surface area (TPSA) is 71.3 Å². The van der Waals surface area contributed by atoms with Gasteiger partial charge in [0.2, 0.25) is 5.91 Å². The van der Waals surface area contributed by atoms with Gasteiger partial charge in [-0.1, -0.05) is 29.8 Å². The van der Waals surface area contributed by atoms with E-state index in [1.165, 1.54) is 0 Å². The number of hydrogen-bond donors (Lipinski definition) is 1. The monoisotopic (exact) mass is 344 g/mol. The first-order valence-corrected chi connectivity index (χ1v) is 7.61. The third-order valence-electron chi connectivity index (χ3n) is 3.51. The number of nitriles is 1. The van der Waals surface area contributed by atoms with Crippen molar-refractivity contribution in [1.82, 2.24) is 5.32 Å². The molecule has 24 heavy (non-hydrogen) atoms. The molecule has 0 fully saturated rings. The molecule has 1 N–H and O–H groups in total. The molecule has 1 atom stereocenters. The first kappa shape index (κ1) is 17.6. The smallest absolute Gasteiger partial charge is 0.234 e. The van der Waals surface area contributed by atoms with Gasteiger partial charge in [-0.25, -0.2) is 0 Å². The van der Waals surface area contributed by atoms with Crippen LogP contribution in [-0.2, 0) is 4.79 Å². The zero-order chi connectivity index (χ0) is 17.5. The summed E-state index contributed by atoms with van der Waals surface area (Å²) in [5.41, 5.74) is 1.44. The van der Waals surface area contributed by atoms with Crippen molar-refractivity contribution in [3.63, 3.8) is 0 Å². The number of amides is 1. The van der Waals surface area contributed by atoms with Crippen molar-refractivity contribution in [1.29, 1.82) is 5.26 Å². The van der Waals surface area contributed by atoms with Crippen LogP contribution in [0.15, 0.2) is 42.5 Å². The van der Waals surface area contributed by atoms with Crippen molar-refractivity contribution in [2.75, 3.05) is 14.2 Å². The van der Waals surface area contributed by atoms with Crippen molar-refractivity contribution in [2.24, 2.45) is 0 Å². The summed E-state index contributed by atoms with van der Waals surface area (Å²) in [6.07, 6.45) is -0.237. The van der Waals surface area contributed by atoms with Crippen LogP contribution in [0.3, 0.4) is 0 Å². The number of hydrogen-bond acceptors (Lipinski definition) is 4. The molecule has 2 aromatic carbocycles. The minimum atomic E-state index is -0.541. The second-order valence-electron chi connectivity index (χ2n) is 4.96. The van der Waals surface area contributed by atoms with Crippen LogP contribution in [0.25, 0.3) is 0 Å². The number of nitrogens with one attached hydrogen (secondary N) is 1. The third-order valence-corrected chi connectivity index (χ3v) is 3.86. The fraction of sp³-hybridized carbons (Fsp3) is 0.222. The lowest BCUT2D eigenvalue weighted by Crippen LogP contribution is -2.29. The lowest BCUT2D eigenvalue weighted by atomic mass is 9.97. The lowest BCUT2D eigenvalue weighted by molar-refractivity contribution is -0.120. The Balaban J connectivity index is 2.52. The molecule has 0 aliphatic carbocycles. The van der Waals surface area contributed by atoms with Gasteiger partial charge in [0.1, 0.15) is 17.9 Å². The zero-order valence-electron chi connectivity index (χ0n) is 13.4. The van der Waals surface area contributed by atoms with Gasteiger partial charge in [-0.15, -0.1) is 0 Å². The minimum absolute atomic E-state index is 0.237. The van der Waals surface area contributed by atoms with Crippen molar-refractivity contribution in [2.45, 2.75) is 12.5 Å². The molecule has 0 bridgehead atoms. The summed E-state index contributed by atoms with van der Waals surface area (Å²) in [4.78, 5) is 12.0. The normalized spacial score (nSPS) is 11.2. The van der Waals surface area contributed by atoms with E-state index in [2.05, 4.69) is 5.32 Å². The molecule has 124 valence electrons. The van der Waals surface area contributed by atoms with Crippen molar-refractivity contribution < 1.29 is 14.3 Å². The van der Waals surface area contributed by atoms with Crippen molar-refractivity contribution in [3.8, 4) is 17.6 Å². The van der Waals surface area contributed by atoms with Crippen LogP contribution in [0.4, 0.5) is 0 Å². The van der Waals surface area contributed by atoms with Gasteiger partial charge in [0, 0.05) is 16.7 Å². The maximum Gasteiger partial charge on any atom is 0.234 e. The molecule has 1 unspecified atom stereocenters. The maximum absolute atomic E-state index is 12.0. The molecule has 0 saturated heterocycles. The number of methoxy groups -OCH3 is 2. The summed E-state index contributed by atoms with van der Waals surface area (Å²) in [7, 11) is 3.10. The second-order valence-corrected chi connectivity index (χ2v) is 5.37. The summed E-state index contributed by atoms with van der Waals surface area (Å²) < 4.78 is 10.6. The van der Waals surface area contributed by atoms with Crippen LogP contribution < -0.4 is 14.8 Å². The molecule has 2 aromatic rings. The van der Waals surface area contributed by atoms with Gasteiger partial charge >= 0.3 is 0 Å². The molecular formula is C18H17ClN2O3. The van der Waals surface area contributed by atoms with Gasteiger partial charge in [-0.3, -0.25) is 4.79 Å². The fourth-order valence-corrected chi connectivity index (χ4v) is 2.62. The van der Waals surface area contributed by atoms with Gasteiger partial charge in [0.25, 0.3) is 0 Å². The molecule has 0 aromatic heterocycles. The molecule has 6 heteroatoms. The second kappa shape index (κ2) is 8.23. The third kappa shape index (κ3) is 3.98. The SMILES string of the molecule is COc1ccc(C(NC(=O)CC#N)c2ccccc2Cl)c(OC)c1. The Morgan fingerprint density at radius 1 is 1.21 bits per heavy atom. The highest BCUT2D eigenvalue weighted by atomic mass is 35.5. The van der Waals surface area contributed by atoms with E-state index < -0.39 is 6.04 Å². The van der Waals surface area contributed by atoms with Crippen LogP contribution in [0, 0.1) is 11.3 Å². The van der Waals surface area contributed by atoms with Crippen molar-refractivity contribution >= 4 is 17.5 Å². The molecular weight excluding hydrogens is 328 g/mol. The summed E-state index contributed by atoms with van der Waals surface area (Å²) in [5.74, 6) is 0.800. The van der Waals surface area contributed by atoms with E-state index >= 15 is 0 Å². The van der Waals surface area contributed by atoms with Gasteiger partial charge in [-0.05, 0) is 23.8 Å². The highest BCUT2D eigenvalue weighted by Gasteiger charge is 2.23. The van der Waals surface area contributed by atoms with Crippen LogP contribution in [0.2, 0.25) is 5.02 Å². The Morgan fingerprint density at radius 2 is 1.96 bits per heavy atom. The number of rotatable bonds is 6. The summed E-state index contributed by atoms with van der Waals surface area (Å²) in [6, 6.07) is 13.8. The predicted octanol–water partition coefficient (Wildman–Crippen LogP) is 3.48. The summed E-state index contributed by atoms with van der Waals surface area (Å²) in [5, 5.41) is 12.1. The van der Waals surface area contributed by atoms with Crippen LogP contribution in [-0.4, -0.2) is 20.1 Å². The summed E-state index contributed by atoms with van der Waals surface area (Å²) >= 11 is 6.30. The number of nitrogens with zero attached hydrogens (tertiary/aromatic N) is 1. The average molecular weight is 345 g/mol. The van der Waals surface area contributed by atoms with Gasteiger partial charge < -0.3 is 14.8 Å². The maximum atomic E-state index is 12.0. The zero-order valence-corrected chi connectivity index (χ0v) is 14.1. The summed E-state index contributed by atoms with van der Waals surface area (Å²) in [6.45, 7) is 0. The number of benzene rings is 2. The molecule has 0 aliphatic rings. The van der Waals surface area contributed by atoms with Crippen molar-refractivity contribution in [3.05, 3.63) is 58.6 Å².